The Morgan fingerprint density at radius 3 is 2.67 bits per heavy atom. The maximum absolute atomic E-state index is 8.99. The maximum atomic E-state index is 8.99. The van der Waals surface area contributed by atoms with Gasteiger partial charge in [0, 0.05) is 11.3 Å². The van der Waals surface area contributed by atoms with Crippen molar-refractivity contribution in [2.75, 3.05) is 12.0 Å². The number of imidazole rings is 1. The molecule has 3 N–H and O–H groups in total. The van der Waals surface area contributed by atoms with Crippen molar-refractivity contribution in [1.29, 1.82) is 0 Å². The zero-order chi connectivity index (χ0) is 12.4. The van der Waals surface area contributed by atoms with E-state index >= 15 is 0 Å². The number of anilines is 1. The van der Waals surface area contributed by atoms with Crippen molar-refractivity contribution in [3.05, 3.63) is 48.5 Å². The van der Waals surface area contributed by atoms with E-state index in [4.69, 9.17) is 5.11 Å². The molecule has 0 radical (unpaired) electrons. The van der Waals surface area contributed by atoms with E-state index in [2.05, 4.69) is 15.3 Å². The molecule has 0 aliphatic rings. The van der Waals surface area contributed by atoms with E-state index < -0.39 is 0 Å². The number of aromatic nitrogens is 2. The normalized spacial score (nSPS) is 10.7. The van der Waals surface area contributed by atoms with Gasteiger partial charge in [-0.15, -0.1) is 0 Å². The number of aromatic amines is 1. The standard InChI is InChI=1S/C14H13N3O/c18-9-15-11-6-2-1-5-10(11)14-16-12-7-3-4-8-13(12)17-14/h1-8,15,18H,9H2,(H,16,17). The number of nitrogens with zero attached hydrogens (tertiary/aromatic N) is 1. The van der Waals surface area contributed by atoms with Gasteiger partial charge in [-0.2, -0.15) is 0 Å². The number of hydrogen-bond donors (Lipinski definition) is 3. The predicted molar refractivity (Wildman–Crippen MR) is 72.2 cm³/mol. The van der Waals surface area contributed by atoms with Gasteiger partial charge in [0.2, 0.25) is 0 Å². The summed E-state index contributed by atoms with van der Waals surface area (Å²) in [7, 11) is 0. The molecule has 0 aliphatic carbocycles. The minimum atomic E-state index is -0.1000. The van der Waals surface area contributed by atoms with Crippen molar-refractivity contribution in [2.24, 2.45) is 0 Å². The molecule has 0 unspecified atom stereocenters. The van der Waals surface area contributed by atoms with Gasteiger partial charge in [0.05, 0.1) is 11.0 Å². The van der Waals surface area contributed by atoms with Crippen molar-refractivity contribution >= 4 is 16.7 Å². The van der Waals surface area contributed by atoms with Gasteiger partial charge in [-0.05, 0) is 24.3 Å². The Balaban J connectivity index is 2.13. The summed E-state index contributed by atoms with van der Waals surface area (Å²) in [6, 6.07) is 15.7. The highest BCUT2D eigenvalue weighted by Gasteiger charge is 2.08. The van der Waals surface area contributed by atoms with Gasteiger partial charge in [-0.3, -0.25) is 0 Å². The molecule has 4 heteroatoms. The molecule has 90 valence electrons. The average Bonchev–Trinajstić information content (AvgIpc) is 2.83. The molecule has 0 saturated carbocycles. The molecule has 0 spiro atoms. The van der Waals surface area contributed by atoms with E-state index in [1.165, 1.54) is 0 Å². The van der Waals surface area contributed by atoms with E-state index in [0.717, 1.165) is 28.1 Å². The van der Waals surface area contributed by atoms with Crippen LogP contribution in [0.25, 0.3) is 22.4 Å². The molecular formula is C14H13N3O. The van der Waals surface area contributed by atoms with Crippen LogP contribution >= 0.6 is 0 Å². The smallest absolute Gasteiger partial charge is 0.140 e. The monoisotopic (exact) mass is 239 g/mol. The van der Waals surface area contributed by atoms with Gasteiger partial charge < -0.3 is 15.4 Å². The van der Waals surface area contributed by atoms with Gasteiger partial charge >= 0.3 is 0 Å². The number of nitrogens with one attached hydrogen (secondary N) is 2. The Morgan fingerprint density at radius 1 is 1.06 bits per heavy atom. The third kappa shape index (κ3) is 1.83. The highest BCUT2D eigenvalue weighted by atomic mass is 16.3. The molecule has 0 atom stereocenters. The first-order chi connectivity index (χ1) is 8.88. The van der Waals surface area contributed by atoms with Crippen LogP contribution in [-0.2, 0) is 0 Å². The molecule has 0 aliphatic heterocycles. The lowest BCUT2D eigenvalue weighted by atomic mass is 10.1. The molecule has 0 amide bonds. The molecular weight excluding hydrogens is 226 g/mol. The van der Waals surface area contributed by atoms with Crippen LogP contribution in [0.1, 0.15) is 0 Å². The summed E-state index contributed by atoms with van der Waals surface area (Å²) < 4.78 is 0. The Labute approximate surface area is 104 Å². The summed E-state index contributed by atoms with van der Waals surface area (Å²) in [5, 5.41) is 11.9. The summed E-state index contributed by atoms with van der Waals surface area (Å²) in [6.07, 6.45) is 0. The van der Waals surface area contributed by atoms with Gasteiger partial charge in [0.1, 0.15) is 12.6 Å². The molecule has 3 rings (SSSR count). The zero-order valence-electron chi connectivity index (χ0n) is 9.72. The highest BCUT2D eigenvalue weighted by Crippen LogP contribution is 2.27. The Morgan fingerprint density at radius 2 is 1.83 bits per heavy atom. The average molecular weight is 239 g/mol. The Hall–Kier alpha value is -2.33. The largest absolute Gasteiger partial charge is 0.377 e. The van der Waals surface area contributed by atoms with Crippen LogP contribution in [0.15, 0.2) is 48.5 Å². The van der Waals surface area contributed by atoms with Crippen molar-refractivity contribution < 1.29 is 5.11 Å². The van der Waals surface area contributed by atoms with Crippen molar-refractivity contribution in [2.45, 2.75) is 0 Å². The molecule has 1 aromatic heterocycles. The number of H-pyrrole nitrogens is 1. The van der Waals surface area contributed by atoms with E-state index in [0.29, 0.717) is 0 Å². The van der Waals surface area contributed by atoms with Crippen LogP contribution in [-0.4, -0.2) is 21.8 Å². The summed E-state index contributed by atoms with van der Waals surface area (Å²) in [5.41, 5.74) is 3.75. The topological polar surface area (TPSA) is 60.9 Å². The van der Waals surface area contributed by atoms with Gasteiger partial charge in [-0.25, -0.2) is 4.98 Å². The molecule has 0 saturated heterocycles. The number of fused-ring (bicyclic) bond motifs is 1. The molecule has 4 nitrogen and oxygen atoms in total. The summed E-state index contributed by atoms with van der Waals surface area (Å²) >= 11 is 0. The van der Waals surface area contributed by atoms with Crippen LogP contribution in [0.5, 0.6) is 0 Å². The molecule has 18 heavy (non-hydrogen) atoms. The summed E-state index contributed by atoms with van der Waals surface area (Å²) in [4.78, 5) is 7.83. The first-order valence-electron chi connectivity index (χ1n) is 5.77. The van der Waals surface area contributed by atoms with Crippen LogP contribution in [0.4, 0.5) is 5.69 Å². The molecule has 2 aromatic carbocycles. The molecule has 1 heterocycles. The lowest BCUT2D eigenvalue weighted by Gasteiger charge is -2.07. The Kier molecular flexibility index (Phi) is 2.70. The number of aliphatic hydroxyl groups excluding tert-OH is 1. The third-order valence-corrected chi connectivity index (χ3v) is 2.84. The molecule has 0 bridgehead atoms. The third-order valence-electron chi connectivity index (χ3n) is 2.84. The lowest BCUT2D eigenvalue weighted by molar-refractivity contribution is 0.326. The number of benzene rings is 2. The fourth-order valence-electron chi connectivity index (χ4n) is 2.01. The predicted octanol–water partition coefficient (Wildman–Crippen LogP) is 2.59. The van der Waals surface area contributed by atoms with Gasteiger partial charge in [-0.1, -0.05) is 24.3 Å². The van der Waals surface area contributed by atoms with E-state index in [-0.39, 0.29) is 6.73 Å². The number of rotatable bonds is 3. The minimum Gasteiger partial charge on any atom is -0.377 e. The van der Waals surface area contributed by atoms with E-state index in [1.54, 1.807) is 0 Å². The second kappa shape index (κ2) is 4.50. The van der Waals surface area contributed by atoms with Crippen molar-refractivity contribution in [3.8, 4) is 11.4 Å². The summed E-state index contributed by atoms with van der Waals surface area (Å²) in [6.45, 7) is -0.1000. The second-order valence-corrected chi connectivity index (χ2v) is 3.98. The highest BCUT2D eigenvalue weighted by molar-refractivity contribution is 5.82. The Bertz CT molecular complexity index is 642. The van der Waals surface area contributed by atoms with E-state index in [9.17, 15) is 0 Å². The number of aliphatic hydroxyl groups is 1. The van der Waals surface area contributed by atoms with Crippen molar-refractivity contribution in [3.63, 3.8) is 0 Å². The molecule has 3 aromatic rings. The lowest BCUT2D eigenvalue weighted by Crippen LogP contribution is -2.01. The quantitative estimate of drug-likeness (QED) is 0.616. The first-order valence-corrected chi connectivity index (χ1v) is 5.77. The fourth-order valence-corrected chi connectivity index (χ4v) is 2.01. The molecule has 0 fully saturated rings. The zero-order valence-corrected chi connectivity index (χ0v) is 9.72. The SMILES string of the molecule is OCNc1ccccc1-c1nc2ccccc2[nH]1. The van der Waals surface area contributed by atoms with Crippen LogP contribution in [0.2, 0.25) is 0 Å². The minimum absolute atomic E-state index is 0.1000. The number of para-hydroxylation sites is 3. The first kappa shape index (κ1) is 10.8. The maximum Gasteiger partial charge on any atom is 0.140 e. The van der Waals surface area contributed by atoms with Crippen LogP contribution in [0, 0.1) is 0 Å². The van der Waals surface area contributed by atoms with Gasteiger partial charge in [0.15, 0.2) is 0 Å². The second-order valence-electron chi connectivity index (χ2n) is 3.98. The van der Waals surface area contributed by atoms with Crippen LogP contribution in [0.3, 0.4) is 0 Å². The van der Waals surface area contributed by atoms with Crippen molar-refractivity contribution in [1.82, 2.24) is 9.97 Å². The fraction of sp³-hybridized carbons (Fsp3) is 0.0714. The summed E-state index contributed by atoms with van der Waals surface area (Å²) in [5.74, 6) is 0.799. The number of hydrogen-bond acceptors (Lipinski definition) is 3. The van der Waals surface area contributed by atoms with Crippen LogP contribution < -0.4 is 5.32 Å². The van der Waals surface area contributed by atoms with Gasteiger partial charge in [0.25, 0.3) is 0 Å². The van der Waals surface area contributed by atoms with E-state index in [1.807, 2.05) is 48.5 Å².